The summed E-state index contributed by atoms with van der Waals surface area (Å²) < 4.78 is 8.37. The number of fused-ring (bicyclic) bond motifs is 3. The van der Waals surface area contributed by atoms with Gasteiger partial charge in [-0.2, -0.15) is 0 Å². The van der Waals surface area contributed by atoms with Crippen LogP contribution in [0, 0.1) is 0 Å². The van der Waals surface area contributed by atoms with Crippen LogP contribution < -0.4 is 0 Å². The van der Waals surface area contributed by atoms with Crippen LogP contribution >= 0.6 is 0 Å². The van der Waals surface area contributed by atoms with Crippen molar-refractivity contribution in [3.8, 4) is 0 Å². The lowest BCUT2D eigenvalue weighted by atomic mass is 10.0. The van der Waals surface area contributed by atoms with Crippen molar-refractivity contribution in [1.82, 2.24) is 9.55 Å². The summed E-state index contributed by atoms with van der Waals surface area (Å²) in [6.07, 6.45) is 4.87. The SMILES string of the molecule is C[Si](C)(C)CCOCn1c2ccccc2c2c(Cc3ccccc3)cncc21. The van der Waals surface area contributed by atoms with E-state index in [1.165, 1.54) is 33.5 Å². The van der Waals surface area contributed by atoms with E-state index in [0.717, 1.165) is 18.5 Å². The van der Waals surface area contributed by atoms with Crippen LogP contribution in [0.1, 0.15) is 11.1 Å². The van der Waals surface area contributed by atoms with E-state index in [1.54, 1.807) is 0 Å². The van der Waals surface area contributed by atoms with Crippen molar-refractivity contribution in [3.63, 3.8) is 0 Å². The number of ether oxygens (including phenoxy) is 1. The molecule has 0 radical (unpaired) electrons. The summed E-state index contributed by atoms with van der Waals surface area (Å²) >= 11 is 0. The van der Waals surface area contributed by atoms with Gasteiger partial charge in [0, 0.05) is 31.7 Å². The number of nitrogens with zero attached hydrogens (tertiary/aromatic N) is 2. The molecule has 0 amide bonds. The van der Waals surface area contributed by atoms with Gasteiger partial charge in [-0.1, -0.05) is 68.2 Å². The second kappa shape index (κ2) is 7.90. The van der Waals surface area contributed by atoms with Crippen LogP contribution in [0.15, 0.2) is 67.0 Å². The molecule has 0 fully saturated rings. The van der Waals surface area contributed by atoms with Crippen molar-refractivity contribution in [2.24, 2.45) is 0 Å². The first-order valence-corrected chi connectivity index (χ1v) is 13.7. The minimum absolute atomic E-state index is 0.574. The van der Waals surface area contributed by atoms with Gasteiger partial charge >= 0.3 is 0 Å². The fraction of sp³-hybridized carbons (Fsp3) is 0.292. The lowest BCUT2D eigenvalue weighted by Crippen LogP contribution is -2.22. The standard InChI is InChI=1S/C24H28N2OSi/c1-28(2,3)14-13-27-18-26-22-12-8-7-11-21(22)24-20(16-25-17-23(24)26)15-19-9-5-4-6-10-19/h4-12,16-17H,13-15,18H2,1-3H3. The first-order chi connectivity index (χ1) is 13.5. The second-order valence-corrected chi connectivity index (χ2v) is 14.3. The third-order valence-corrected chi connectivity index (χ3v) is 6.92. The van der Waals surface area contributed by atoms with Gasteiger partial charge in [-0.3, -0.25) is 4.98 Å². The summed E-state index contributed by atoms with van der Waals surface area (Å²) in [5, 5.41) is 2.57. The van der Waals surface area contributed by atoms with Crippen LogP contribution in [0.4, 0.5) is 0 Å². The van der Waals surface area contributed by atoms with E-state index in [-0.39, 0.29) is 0 Å². The first-order valence-electron chi connectivity index (χ1n) is 9.98. The molecule has 0 saturated heterocycles. The van der Waals surface area contributed by atoms with Crippen LogP contribution in [0.3, 0.4) is 0 Å². The molecular formula is C24H28N2OSi. The Hall–Kier alpha value is -2.43. The fourth-order valence-electron chi connectivity index (χ4n) is 3.68. The Balaban J connectivity index is 1.72. The third kappa shape index (κ3) is 4.03. The van der Waals surface area contributed by atoms with Gasteiger partial charge in [-0.15, -0.1) is 0 Å². The number of hydrogen-bond acceptors (Lipinski definition) is 2. The molecule has 0 atom stereocenters. The zero-order valence-electron chi connectivity index (χ0n) is 17.0. The van der Waals surface area contributed by atoms with Gasteiger partial charge in [0.1, 0.15) is 6.73 Å². The molecule has 28 heavy (non-hydrogen) atoms. The highest BCUT2D eigenvalue weighted by Crippen LogP contribution is 2.32. The first kappa shape index (κ1) is 18.9. The van der Waals surface area contributed by atoms with E-state index in [1.807, 2.05) is 12.4 Å². The Morgan fingerprint density at radius 1 is 0.893 bits per heavy atom. The summed E-state index contributed by atoms with van der Waals surface area (Å²) in [5.41, 5.74) is 4.94. The van der Waals surface area contributed by atoms with Gasteiger partial charge in [0.05, 0.1) is 17.2 Å². The van der Waals surface area contributed by atoms with E-state index >= 15 is 0 Å². The Morgan fingerprint density at radius 3 is 2.43 bits per heavy atom. The maximum absolute atomic E-state index is 6.10. The summed E-state index contributed by atoms with van der Waals surface area (Å²) in [6.45, 7) is 8.55. The molecule has 0 unspecified atom stereocenters. The normalized spacial score (nSPS) is 12.1. The van der Waals surface area contributed by atoms with E-state index in [9.17, 15) is 0 Å². The molecule has 3 nitrogen and oxygen atoms in total. The Morgan fingerprint density at radius 2 is 1.64 bits per heavy atom. The van der Waals surface area contributed by atoms with Crippen molar-refractivity contribution >= 4 is 29.9 Å². The van der Waals surface area contributed by atoms with Crippen LogP contribution in [0.2, 0.25) is 25.7 Å². The van der Waals surface area contributed by atoms with Gasteiger partial charge in [-0.25, -0.2) is 0 Å². The maximum atomic E-state index is 6.10. The molecule has 0 N–H and O–H groups in total. The lowest BCUT2D eigenvalue weighted by Gasteiger charge is -2.16. The van der Waals surface area contributed by atoms with Gasteiger partial charge < -0.3 is 9.30 Å². The number of aromatic nitrogens is 2. The van der Waals surface area contributed by atoms with Crippen LogP contribution in [-0.2, 0) is 17.9 Å². The summed E-state index contributed by atoms with van der Waals surface area (Å²) in [7, 11) is -1.09. The van der Waals surface area contributed by atoms with Crippen molar-refractivity contribution in [1.29, 1.82) is 0 Å². The molecule has 0 saturated carbocycles. The van der Waals surface area contributed by atoms with Gasteiger partial charge in [0.15, 0.2) is 0 Å². The maximum Gasteiger partial charge on any atom is 0.123 e. The van der Waals surface area contributed by atoms with Crippen LogP contribution in [0.25, 0.3) is 21.8 Å². The summed E-state index contributed by atoms with van der Waals surface area (Å²) in [4.78, 5) is 4.56. The summed E-state index contributed by atoms with van der Waals surface area (Å²) in [5.74, 6) is 0. The van der Waals surface area contributed by atoms with Crippen molar-refractivity contribution in [3.05, 3.63) is 78.1 Å². The van der Waals surface area contributed by atoms with Crippen LogP contribution in [0.5, 0.6) is 0 Å². The number of para-hydroxylation sites is 1. The van der Waals surface area contributed by atoms with E-state index in [2.05, 4.69) is 83.8 Å². The highest BCUT2D eigenvalue weighted by molar-refractivity contribution is 6.76. The van der Waals surface area contributed by atoms with Crippen molar-refractivity contribution in [2.45, 2.75) is 38.8 Å². The zero-order chi connectivity index (χ0) is 19.6. The molecule has 0 aliphatic rings. The van der Waals surface area contributed by atoms with Gasteiger partial charge in [0.2, 0.25) is 0 Å². The number of pyridine rings is 1. The molecule has 4 heteroatoms. The highest BCUT2D eigenvalue weighted by atomic mass is 28.3. The Bertz CT molecular complexity index is 1080. The molecule has 0 aliphatic heterocycles. The molecule has 144 valence electrons. The average Bonchev–Trinajstić information content (AvgIpc) is 3.00. The molecular weight excluding hydrogens is 360 g/mol. The molecule has 4 rings (SSSR count). The second-order valence-electron chi connectivity index (χ2n) is 8.65. The van der Waals surface area contributed by atoms with Gasteiger partial charge in [0.25, 0.3) is 0 Å². The molecule has 4 aromatic rings. The topological polar surface area (TPSA) is 27.1 Å². The Labute approximate surface area is 168 Å². The molecule has 0 aliphatic carbocycles. The molecule has 2 heterocycles. The molecule has 2 aromatic carbocycles. The van der Waals surface area contributed by atoms with E-state index < -0.39 is 8.07 Å². The quantitative estimate of drug-likeness (QED) is 0.283. The fourth-order valence-corrected chi connectivity index (χ4v) is 4.44. The minimum atomic E-state index is -1.09. The summed E-state index contributed by atoms with van der Waals surface area (Å²) in [6, 6.07) is 20.4. The van der Waals surface area contributed by atoms with E-state index in [0.29, 0.717) is 6.73 Å². The highest BCUT2D eigenvalue weighted by Gasteiger charge is 2.16. The number of hydrogen-bond donors (Lipinski definition) is 0. The zero-order valence-corrected chi connectivity index (χ0v) is 18.0. The predicted molar refractivity (Wildman–Crippen MR) is 121 cm³/mol. The molecule has 0 spiro atoms. The average molecular weight is 389 g/mol. The van der Waals surface area contributed by atoms with E-state index in [4.69, 9.17) is 4.74 Å². The third-order valence-electron chi connectivity index (χ3n) is 5.21. The molecule has 2 aromatic heterocycles. The van der Waals surface area contributed by atoms with Crippen LogP contribution in [-0.4, -0.2) is 24.2 Å². The lowest BCUT2D eigenvalue weighted by molar-refractivity contribution is 0.0929. The largest absolute Gasteiger partial charge is 0.361 e. The smallest absolute Gasteiger partial charge is 0.123 e. The number of rotatable bonds is 7. The molecule has 0 bridgehead atoms. The van der Waals surface area contributed by atoms with Crippen molar-refractivity contribution in [2.75, 3.05) is 6.61 Å². The Kier molecular flexibility index (Phi) is 5.33. The monoisotopic (exact) mass is 388 g/mol. The minimum Gasteiger partial charge on any atom is -0.361 e. The van der Waals surface area contributed by atoms with Crippen molar-refractivity contribution < 1.29 is 4.74 Å². The number of benzene rings is 2. The van der Waals surface area contributed by atoms with Gasteiger partial charge in [-0.05, 0) is 29.7 Å². The predicted octanol–water partition coefficient (Wildman–Crippen LogP) is 6.09.